The van der Waals surface area contributed by atoms with E-state index in [0.29, 0.717) is 15.1 Å². The fraction of sp³-hybridized carbons (Fsp3) is 0.167. The van der Waals surface area contributed by atoms with Gasteiger partial charge in [0.25, 0.3) is 0 Å². The van der Waals surface area contributed by atoms with E-state index in [-0.39, 0.29) is 6.04 Å². The van der Waals surface area contributed by atoms with Crippen molar-refractivity contribution >= 4 is 62.1 Å². The maximum atomic E-state index is 6.23. The number of thiophene rings is 1. The van der Waals surface area contributed by atoms with Gasteiger partial charge in [0.05, 0.1) is 14.9 Å². The van der Waals surface area contributed by atoms with Crippen LogP contribution in [0.2, 0.25) is 15.1 Å². The molecule has 1 nitrogen and oxygen atoms in total. The third kappa shape index (κ3) is 3.03. The Morgan fingerprint density at radius 1 is 1.17 bits per heavy atom. The lowest BCUT2D eigenvalue weighted by Crippen LogP contribution is -2.16. The van der Waals surface area contributed by atoms with Crippen LogP contribution in [0.25, 0.3) is 0 Å². The third-order valence-electron chi connectivity index (χ3n) is 2.51. The average Bonchev–Trinajstić information content (AvgIpc) is 2.65. The predicted octanol–water partition coefficient (Wildman–Crippen LogP) is 5.78. The number of benzene rings is 1. The molecule has 0 aliphatic rings. The molecule has 0 radical (unpaired) electrons. The molecule has 1 aromatic heterocycles. The van der Waals surface area contributed by atoms with Crippen LogP contribution in [0.4, 0.5) is 0 Å². The fourth-order valence-electron chi connectivity index (χ4n) is 1.69. The summed E-state index contributed by atoms with van der Waals surface area (Å²) in [6.45, 7) is 0. The van der Waals surface area contributed by atoms with E-state index in [4.69, 9.17) is 34.8 Å². The summed E-state index contributed by atoms with van der Waals surface area (Å²) in [6.07, 6.45) is 0. The minimum Gasteiger partial charge on any atom is -0.309 e. The van der Waals surface area contributed by atoms with Crippen LogP contribution in [-0.4, -0.2) is 7.05 Å². The number of hydrogen-bond acceptors (Lipinski definition) is 2. The van der Waals surface area contributed by atoms with Crippen molar-refractivity contribution in [1.82, 2.24) is 5.32 Å². The van der Waals surface area contributed by atoms with E-state index in [1.165, 1.54) is 0 Å². The second kappa shape index (κ2) is 6.12. The van der Waals surface area contributed by atoms with Crippen LogP contribution in [0.3, 0.4) is 0 Å². The number of nitrogens with one attached hydrogen (secondary N) is 1. The number of hydrogen-bond donors (Lipinski definition) is 1. The molecule has 0 aliphatic heterocycles. The van der Waals surface area contributed by atoms with E-state index < -0.39 is 0 Å². The molecule has 0 spiro atoms. The minimum absolute atomic E-state index is 0.0231. The lowest BCUT2D eigenvalue weighted by Gasteiger charge is -2.16. The van der Waals surface area contributed by atoms with Crippen molar-refractivity contribution in [2.75, 3.05) is 7.05 Å². The van der Waals surface area contributed by atoms with Gasteiger partial charge in [-0.1, -0.05) is 34.8 Å². The molecule has 1 N–H and O–H groups in total. The molecule has 1 heterocycles. The van der Waals surface area contributed by atoms with Gasteiger partial charge in [-0.2, -0.15) is 0 Å². The van der Waals surface area contributed by atoms with Gasteiger partial charge in [0.2, 0.25) is 0 Å². The average molecular weight is 386 g/mol. The summed E-state index contributed by atoms with van der Waals surface area (Å²) in [6, 6.07) is 7.34. The number of halogens is 4. The molecule has 96 valence electrons. The molecular weight excluding hydrogens is 376 g/mol. The highest BCUT2D eigenvalue weighted by molar-refractivity contribution is 9.11. The summed E-state index contributed by atoms with van der Waals surface area (Å²) in [4.78, 5) is 1.08. The Morgan fingerprint density at radius 2 is 1.89 bits per heavy atom. The monoisotopic (exact) mass is 383 g/mol. The zero-order chi connectivity index (χ0) is 13.3. The van der Waals surface area contributed by atoms with Gasteiger partial charge in [0.15, 0.2) is 0 Å². The summed E-state index contributed by atoms with van der Waals surface area (Å²) in [5.41, 5.74) is 0.942. The van der Waals surface area contributed by atoms with Gasteiger partial charge in [0.1, 0.15) is 0 Å². The Bertz CT molecular complexity index is 551. The summed E-state index contributed by atoms with van der Waals surface area (Å²) < 4.78 is 0.914. The first-order valence-corrected chi connectivity index (χ1v) is 7.84. The first-order chi connectivity index (χ1) is 8.52. The molecule has 1 aromatic carbocycles. The van der Waals surface area contributed by atoms with E-state index in [2.05, 4.69) is 21.2 Å². The quantitative estimate of drug-likeness (QED) is 0.706. The molecule has 2 rings (SSSR count). The maximum Gasteiger partial charge on any atom is 0.0888 e. The molecule has 0 fully saturated rings. The van der Waals surface area contributed by atoms with E-state index in [9.17, 15) is 0 Å². The van der Waals surface area contributed by atoms with E-state index >= 15 is 0 Å². The molecule has 6 heteroatoms. The van der Waals surface area contributed by atoms with Gasteiger partial charge in [-0.15, -0.1) is 11.3 Å². The van der Waals surface area contributed by atoms with E-state index in [1.807, 2.05) is 19.2 Å². The number of rotatable bonds is 3. The molecule has 0 amide bonds. The lowest BCUT2D eigenvalue weighted by molar-refractivity contribution is 0.704. The Kier molecular flexibility index (Phi) is 4.98. The third-order valence-corrected chi connectivity index (χ3v) is 5.63. The van der Waals surface area contributed by atoms with Crippen LogP contribution in [0, 0.1) is 0 Å². The smallest absolute Gasteiger partial charge is 0.0888 e. The van der Waals surface area contributed by atoms with Crippen LogP contribution < -0.4 is 5.32 Å². The van der Waals surface area contributed by atoms with E-state index in [0.717, 1.165) is 14.2 Å². The van der Waals surface area contributed by atoms with Crippen LogP contribution in [0.5, 0.6) is 0 Å². The van der Waals surface area contributed by atoms with E-state index in [1.54, 1.807) is 23.5 Å². The highest BCUT2D eigenvalue weighted by Gasteiger charge is 2.19. The zero-order valence-corrected chi connectivity index (χ0v) is 14.0. The van der Waals surface area contributed by atoms with Crippen LogP contribution in [0.15, 0.2) is 28.1 Å². The molecule has 2 aromatic rings. The van der Waals surface area contributed by atoms with Gasteiger partial charge >= 0.3 is 0 Å². The normalized spacial score (nSPS) is 12.7. The minimum atomic E-state index is -0.0231. The van der Waals surface area contributed by atoms with Crippen molar-refractivity contribution in [2.45, 2.75) is 6.04 Å². The van der Waals surface area contributed by atoms with Gasteiger partial charge in [-0.05, 0) is 52.8 Å². The van der Waals surface area contributed by atoms with Crippen LogP contribution in [-0.2, 0) is 0 Å². The Labute approximate surface area is 133 Å². The first-order valence-electron chi connectivity index (χ1n) is 5.10. The summed E-state index contributed by atoms with van der Waals surface area (Å²) >= 11 is 23.3. The van der Waals surface area contributed by atoms with Gasteiger partial charge in [-0.25, -0.2) is 0 Å². The second-order valence-corrected chi connectivity index (χ2v) is 7.31. The van der Waals surface area contributed by atoms with Crippen LogP contribution in [0.1, 0.15) is 16.5 Å². The summed E-state index contributed by atoms with van der Waals surface area (Å²) in [7, 11) is 1.88. The van der Waals surface area contributed by atoms with Crippen molar-refractivity contribution < 1.29 is 0 Å². The topological polar surface area (TPSA) is 12.0 Å². The standard InChI is InChI=1S/C12H9BrCl3NS/c1-17-11(10-5-9(16)12(13)18-10)7-4-6(14)2-3-8(7)15/h2-5,11,17H,1H3. The molecule has 1 atom stereocenters. The highest BCUT2D eigenvalue weighted by atomic mass is 79.9. The molecule has 0 saturated carbocycles. The Morgan fingerprint density at radius 3 is 2.44 bits per heavy atom. The molecule has 0 saturated heterocycles. The van der Waals surface area contributed by atoms with Crippen molar-refractivity contribution in [1.29, 1.82) is 0 Å². The van der Waals surface area contributed by atoms with Crippen molar-refractivity contribution in [2.24, 2.45) is 0 Å². The first kappa shape index (κ1) is 14.6. The van der Waals surface area contributed by atoms with Crippen molar-refractivity contribution in [3.8, 4) is 0 Å². The largest absolute Gasteiger partial charge is 0.309 e. The summed E-state index contributed by atoms with van der Waals surface area (Å²) in [5.74, 6) is 0. The molecule has 18 heavy (non-hydrogen) atoms. The maximum absolute atomic E-state index is 6.23. The fourth-order valence-corrected chi connectivity index (χ4v) is 3.98. The Hall–Kier alpha value is 0.230. The highest BCUT2D eigenvalue weighted by Crippen LogP contribution is 2.39. The van der Waals surface area contributed by atoms with Crippen LogP contribution >= 0.6 is 62.1 Å². The van der Waals surface area contributed by atoms with Crippen molar-refractivity contribution in [3.63, 3.8) is 0 Å². The van der Waals surface area contributed by atoms with Gasteiger partial charge in [0, 0.05) is 14.9 Å². The predicted molar refractivity (Wildman–Crippen MR) is 84.4 cm³/mol. The second-order valence-electron chi connectivity index (χ2n) is 3.66. The molecule has 1 unspecified atom stereocenters. The van der Waals surface area contributed by atoms with Gasteiger partial charge in [-0.3, -0.25) is 0 Å². The summed E-state index contributed by atoms with van der Waals surface area (Å²) in [5, 5.41) is 5.28. The zero-order valence-electron chi connectivity index (χ0n) is 9.31. The van der Waals surface area contributed by atoms with Gasteiger partial charge < -0.3 is 5.32 Å². The SMILES string of the molecule is CNC(c1cc(Cl)c(Br)s1)c1cc(Cl)ccc1Cl. The Balaban J connectivity index is 2.48. The van der Waals surface area contributed by atoms with Crippen molar-refractivity contribution in [3.05, 3.63) is 53.6 Å². The molecule has 0 aliphatic carbocycles. The molecule has 0 bridgehead atoms. The molecular formula is C12H9BrCl3NS. The lowest BCUT2D eigenvalue weighted by atomic mass is 10.1.